The lowest BCUT2D eigenvalue weighted by atomic mass is 9.94. The van der Waals surface area contributed by atoms with Gasteiger partial charge in [0.25, 0.3) is 0 Å². The van der Waals surface area contributed by atoms with E-state index >= 15 is 0 Å². The van der Waals surface area contributed by atoms with Crippen molar-refractivity contribution in [3.63, 3.8) is 0 Å². The molecule has 0 aromatic heterocycles. The van der Waals surface area contributed by atoms with Gasteiger partial charge in [0.15, 0.2) is 0 Å². The van der Waals surface area contributed by atoms with Gasteiger partial charge in [-0.1, -0.05) is 19.1 Å². The summed E-state index contributed by atoms with van der Waals surface area (Å²) >= 11 is 0. The SMILES string of the molecule is CCCNc1ccccc1S(=O)(=O)NC1(C)CCOCC1. The van der Waals surface area contributed by atoms with Crippen LogP contribution in [0.3, 0.4) is 0 Å². The van der Waals surface area contributed by atoms with Crippen molar-refractivity contribution in [2.45, 2.75) is 43.5 Å². The first-order valence-corrected chi connectivity index (χ1v) is 8.90. The van der Waals surface area contributed by atoms with E-state index in [1.807, 2.05) is 19.9 Å². The van der Waals surface area contributed by atoms with Crippen molar-refractivity contribution in [1.82, 2.24) is 4.72 Å². The molecule has 1 fully saturated rings. The van der Waals surface area contributed by atoms with Crippen molar-refractivity contribution in [3.05, 3.63) is 24.3 Å². The van der Waals surface area contributed by atoms with Gasteiger partial charge in [0.2, 0.25) is 10.0 Å². The average molecular weight is 312 g/mol. The van der Waals surface area contributed by atoms with Crippen molar-refractivity contribution in [2.24, 2.45) is 0 Å². The van der Waals surface area contributed by atoms with Crippen LogP contribution in [0.2, 0.25) is 0 Å². The van der Waals surface area contributed by atoms with Crippen LogP contribution >= 0.6 is 0 Å². The summed E-state index contributed by atoms with van der Waals surface area (Å²) in [6.07, 6.45) is 2.32. The summed E-state index contributed by atoms with van der Waals surface area (Å²) in [5, 5.41) is 3.17. The van der Waals surface area contributed by atoms with Crippen LogP contribution in [0, 0.1) is 0 Å². The van der Waals surface area contributed by atoms with Crippen LogP contribution in [0.25, 0.3) is 0 Å². The van der Waals surface area contributed by atoms with Crippen LogP contribution in [-0.2, 0) is 14.8 Å². The summed E-state index contributed by atoms with van der Waals surface area (Å²) in [7, 11) is -3.55. The number of hydrogen-bond acceptors (Lipinski definition) is 4. The van der Waals surface area contributed by atoms with Gasteiger partial charge < -0.3 is 10.1 Å². The van der Waals surface area contributed by atoms with Gasteiger partial charge in [-0.05, 0) is 38.3 Å². The van der Waals surface area contributed by atoms with Crippen molar-refractivity contribution in [3.8, 4) is 0 Å². The second kappa shape index (κ2) is 6.77. The third-order valence-electron chi connectivity index (χ3n) is 3.72. The summed E-state index contributed by atoms with van der Waals surface area (Å²) in [4.78, 5) is 0.311. The lowest BCUT2D eigenvalue weighted by Gasteiger charge is -2.34. The first-order valence-electron chi connectivity index (χ1n) is 7.41. The van der Waals surface area contributed by atoms with Crippen LogP contribution in [0.1, 0.15) is 33.1 Å². The highest BCUT2D eigenvalue weighted by molar-refractivity contribution is 7.89. The highest BCUT2D eigenvalue weighted by Crippen LogP contribution is 2.26. The Morgan fingerprint density at radius 3 is 2.57 bits per heavy atom. The van der Waals surface area contributed by atoms with Gasteiger partial charge in [-0.15, -0.1) is 0 Å². The number of ether oxygens (including phenoxy) is 1. The molecular weight excluding hydrogens is 288 g/mol. The molecule has 0 saturated carbocycles. The molecule has 0 unspecified atom stereocenters. The largest absolute Gasteiger partial charge is 0.384 e. The Morgan fingerprint density at radius 1 is 1.24 bits per heavy atom. The molecule has 1 aromatic rings. The fourth-order valence-corrected chi connectivity index (χ4v) is 4.06. The van der Waals surface area contributed by atoms with Gasteiger partial charge >= 0.3 is 0 Å². The Balaban J connectivity index is 2.22. The molecule has 6 heteroatoms. The number of rotatable bonds is 6. The molecule has 21 heavy (non-hydrogen) atoms. The van der Waals surface area contributed by atoms with Crippen LogP contribution in [0.15, 0.2) is 29.2 Å². The lowest BCUT2D eigenvalue weighted by molar-refractivity contribution is 0.0537. The Hall–Kier alpha value is -1.11. The molecule has 118 valence electrons. The molecule has 2 rings (SSSR count). The highest BCUT2D eigenvalue weighted by Gasteiger charge is 2.33. The van der Waals surface area contributed by atoms with Crippen LogP contribution in [0.4, 0.5) is 5.69 Å². The first kappa shape index (κ1) is 16.3. The molecule has 1 aromatic carbocycles. The maximum Gasteiger partial charge on any atom is 0.243 e. The van der Waals surface area contributed by atoms with E-state index in [4.69, 9.17) is 4.74 Å². The quantitative estimate of drug-likeness (QED) is 0.846. The Kier molecular flexibility index (Phi) is 5.24. The topological polar surface area (TPSA) is 67.4 Å². The van der Waals surface area contributed by atoms with Gasteiger partial charge in [-0.3, -0.25) is 0 Å². The smallest absolute Gasteiger partial charge is 0.243 e. The van der Waals surface area contributed by atoms with E-state index in [1.54, 1.807) is 18.2 Å². The molecule has 0 amide bonds. The predicted molar refractivity (Wildman–Crippen MR) is 84.0 cm³/mol. The Morgan fingerprint density at radius 2 is 1.90 bits per heavy atom. The summed E-state index contributed by atoms with van der Waals surface area (Å²) in [5.74, 6) is 0. The van der Waals surface area contributed by atoms with Crippen LogP contribution in [-0.4, -0.2) is 33.7 Å². The number of benzene rings is 1. The number of anilines is 1. The van der Waals surface area contributed by atoms with E-state index < -0.39 is 15.6 Å². The van der Waals surface area contributed by atoms with Gasteiger partial charge in [-0.2, -0.15) is 0 Å². The normalized spacial score (nSPS) is 18.4. The van der Waals surface area contributed by atoms with Crippen molar-refractivity contribution < 1.29 is 13.2 Å². The zero-order chi connectivity index (χ0) is 15.3. The maximum absolute atomic E-state index is 12.7. The summed E-state index contributed by atoms with van der Waals surface area (Å²) in [5.41, 5.74) is 0.220. The third kappa shape index (κ3) is 4.18. The molecule has 1 aliphatic heterocycles. The number of sulfonamides is 1. The van der Waals surface area contributed by atoms with Crippen molar-refractivity contribution in [1.29, 1.82) is 0 Å². The molecule has 0 aliphatic carbocycles. The maximum atomic E-state index is 12.7. The zero-order valence-electron chi connectivity index (χ0n) is 12.7. The van der Waals surface area contributed by atoms with Crippen LogP contribution in [0.5, 0.6) is 0 Å². The summed E-state index contributed by atoms with van der Waals surface area (Å²) in [6.45, 7) is 5.92. The van der Waals surface area contributed by atoms with E-state index in [1.165, 1.54) is 0 Å². The van der Waals surface area contributed by atoms with E-state index in [2.05, 4.69) is 10.0 Å². The predicted octanol–water partition coefficient (Wildman–Crippen LogP) is 2.36. The lowest BCUT2D eigenvalue weighted by Crippen LogP contribution is -2.49. The second-order valence-electron chi connectivity index (χ2n) is 5.70. The van der Waals surface area contributed by atoms with Crippen LogP contribution < -0.4 is 10.0 Å². The highest BCUT2D eigenvalue weighted by atomic mass is 32.2. The molecule has 0 bridgehead atoms. The molecule has 1 heterocycles. The van der Waals surface area contributed by atoms with Crippen molar-refractivity contribution >= 4 is 15.7 Å². The minimum Gasteiger partial charge on any atom is -0.384 e. The molecule has 2 N–H and O–H groups in total. The van der Waals surface area contributed by atoms with E-state index in [-0.39, 0.29) is 0 Å². The molecule has 0 atom stereocenters. The third-order valence-corrected chi connectivity index (χ3v) is 5.42. The summed E-state index contributed by atoms with van der Waals surface area (Å²) < 4.78 is 33.6. The first-order chi connectivity index (χ1) is 9.97. The molecule has 1 aliphatic rings. The Labute approximate surface area is 127 Å². The molecule has 1 saturated heterocycles. The molecule has 0 spiro atoms. The molecular formula is C15H24N2O3S. The average Bonchev–Trinajstić information content (AvgIpc) is 2.45. The Bertz CT molecular complexity index is 566. The number of nitrogens with one attached hydrogen (secondary N) is 2. The van der Waals surface area contributed by atoms with Gasteiger partial charge in [0.1, 0.15) is 4.90 Å². The number of hydrogen-bond donors (Lipinski definition) is 2. The zero-order valence-corrected chi connectivity index (χ0v) is 13.5. The fourth-order valence-electron chi connectivity index (χ4n) is 2.41. The minimum absolute atomic E-state index is 0.311. The van der Waals surface area contributed by atoms with E-state index in [9.17, 15) is 8.42 Å². The van der Waals surface area contributed by atoms with E-state index in [0.717, 1.165) is 13.0 Å². The van der Waals surface area contributed by atoms with Gasteiger partial charge in [0.05, 0.1) is 5.69 Å². The monoisotopic (exact) mass is 312 g/mol. The van der Waals surface area contributed by atoms with Gasteiger partial charge in [-0.25, -0.2) is 13.1 Å². The van der Waals surface area contributed by atoms with E-state index in [0.29, 0.717) is 36.6 Å². The molecule has 5 nitrogen and oxygen atoms in total. The fraction of sp³-hybridized carbons (Fsp3) is 0.600. The second-order valence-corrected chi connectivity index (χ2v) is 7.35. The standard InChI is InChI=1S/C15H24N2O3S/c1-3-10-16-13-6-4-5-7-14(13)21(18,19)17-15(2)8-11-20-12-9-15/h4-7,16-17H,3,8-12H2,1-2H3. The molecule has 0 radical (unpaired) electrons. The summed E-state index contributed by atoms with van der Waals surface area (Å²) in [6, 6.07) is 7.03. The van der Waals surface area contributed by atoms with Gasteiger partial charge in [0, 0.05) is 25.3 Å². The minimum atomic E-state index is -3.55. The number of para-hydroxylation sites is 1. The van der Waals surface area contributed by atoms with Crippen molar-refractivity contribution in [2.75, 3.05) is 25.1 Å².